The van der Waals surface area contributed by atoms with Crippen LogP contribution in [-0.2, 0) is 16.4 Å². The van der Waals surface area contributed by atoms with Crippen molar-refractivity contribution in [2.24, 2.45) is 0 Å². The Balaban J connectivity index is 1.95. The Bertz CT molecular complexity index is 759. The minimum Gasteiger partial charge on any atom is -0.330 e. The summed E-state index contributed by atoms with van der Waals surface area (Å²) in [6, 6.07) is 6.22. The van der Waals surface area contributed by atoms with Gasteiger partial charge in [-0.1, -0.05) is 48.2 Å². The van der Waals surface area contributed by atoms with Gasteiger partial charge in [-0.3, -0.25) is 0 Å². The zero-order valence-corrected chi connectivity index (χ0v) is 15.7. The molecule has 1 aromatic carbocycles. The van der Waals surface area contributed by atoms with E-state index in [-0.39, 0.29) is 0 Å². The van der Waals surface area contributed by atoms with E-state index in [4.69, 9.17) is 0 Å². The van der Waals surface area contributed by atoms with Gasteiger partial charge < -0.3 is 5.32 Å². The van der Waals surface area contributed by atoms with Gasteiger partial charge in [-0.2, -0.15) is 0 Å². The third kappa shape index (κ3) is 5.76. The number of para-hydroxylation sites is 1. The van der Waals surface area contributed by atoms with Crippen LogP contribution in [-0.4, -0.2) is 37.2 Å². The normalized spacial score (nSPS) is 11.6. The van der Waals surface area contributed by atoms with E-state index in [1.807, 2.05) is 0 Å². The molecule has 0 unspecified atom stereocenters. The fourth-order valence-electron chi connectivity index (χ4n) is 1.99. The second-order valence-corrected chi connectivity index (χ2v) is 9.13. The number of aryl methyl sites for hydroxylation is 2. The molecule has 9 heteroatoms. The van der Waals surface area contributed by atoms with Crippen LogP contribution in [0, 0.1) is 6.92 Å². The molecule has 0 bridgehead atoms. The Morgan fingerprint density at radius 3 is 2.78 bits per heavy atom. The van der Waals surface area contributed by atoms with Gasteiger partial charge in [0.25, 0.3) is 0 Å². The summed E-state index contributed by atoms with van der Waals surface area (Å²) >= 11 is 2.95. The second-order valence-electron chi connectivity index (χ2n) is 4.98. The van der Waals surface area contributed by atoms with Crippen LogP contribution < -0.4 is 10.0 Å². The average molecular weight is 373 g/mol. The number of sulfonamides is 1. The predicted molar refractivity (Wildman–Crippen MR) is 97.3 cm³/mol. The molecule has 0 spiro atoms. The number of thioether (sulfide) groups is 1. The van der Waals surface area contributed by atoms with E-state index in [0.29, 0.717) is 12.3 Å². The maximum atomic E-state index is 11.0. The van der Waals surface area contributed by atoms with E-state index in [1.54, 1.807) is 0 Å². The Labute approximate surface area is 145 Å². The lowest BCUT2D eigenvalue weighted by molar-refractivity contribution is 0.590. The van der Waals surface area contributed by atoms with Crippen molar-refractivity contribution in [3.63, 3.8) is 0 Å². The van der Waals surface area contributed by atoms with Gasteiger partial charge in [0.1, 0.15) is 0 Å². The van der Waals surface area contributed by atoms with Gasteiger partial charge in [-0.15, -0.1) is 10.2 Å². The average Bonchev–Trinajstić information content (AvgIpc) is 2.92. The standard InChI is InChI=1S/C14H20N4O2S3/c1-4-11-7-5-6-10(2)12(11)16-13-17-18-14(22-13)21-9-8-15-23(3,19)20/h5-7,15H,4,8-9H2,1-3H3,(H,16,17). The molecule has 2 aromatic rings. The number of hydrogen-bond acceptors (Lipinski definition) is 7. The molecule has 0 atom stereocenters. The molecule has 0 aliphatic carbocycles. The molecular weight excluding hydrogens is 352 g/mol. The minimum atomic E-state index is -3.13. The highest BCUT2D eigenvalue weighted by Gasteiger charge is 2.09. The van der Waals surface area contributed by atoms with E-state index >= 15 is 0 Å². The highest BCUT2D eigenvalue weighted by molar-refractivity contribution is 8.01. The SMILES string of the molecule is CCc1cccc(C)c1Nc1nnc(SCCNS(C)(=O)=O)s1. The third-order valence-electron chi connectivity index (χ3n) is 3.07. The zero-order chi connectivity index (χ0) is 16.9. The number of rotatable bonds is 8. The number of benzene rings is 1. The van der Waals surface area contributed by atoms with Gasteiger partial charge in [0.15, 0.2) is 4.34 Å². The van der Waals surface area contributed by atoms with E-state index in [1.165, 1.54) is 34.2 Å². The molecule has 0 radical (unpaired) electrons. The van der Waals surface area contributed by atoms with Crippen molar-refractivity contribution in [3.05, 3.63) is 29.3 Å². The molecule has 6 nitrogen and oxygen atoms in total. The molecule has 0 aliphatic rings. The Morgan fingerprint density at radius 1 is 1.30 bits per heavy atom. The van der Waals surface area contributed by atoms with Crippen molar-refractivity contribution in [3.8, 4) is 0 Å². The summed E-state index contributed by atoms with van der Waals surface area (Å²) in [6.07, 6.45) is 2.10. The van der Waals surface area contributed by atoms with Crippen LogP contribution in [0.1, 0.15) is 18.1 Å². The number of nitrogens with one attached hydrogen (secondary N) is 2. The molecule has 126 valence electrons. The largest absolute Gasteiger partial charge is 0.330 e. The van der Waals surface area contributed by atoms with Crippen LogP contribution >= 0.6 is 23.1 Å². The van der Waals surface area contributed by atoms with Gasteiger partial charge in [-0.05, 0) is 24.5 Å². The van der Waals surface area contributed by atoms with Gasteiger partial charge >= 0.3 is 0 Å². The van der Waals surface area contributed by atoms with Crippen LogP contribution in [0.15, 0.2) is 22.5 Å². The van der Waals surface area contributed by atoms with Crippen molar-refractivity contribution in [2.45, 2.75) is 24.6 Å². The quantitative estimate of drug-likeness (QED) is 0.548. The molecule has 2 rings (SSSR count). The zero-order valence-electron chi connectivity index (χ0n) is 13.3. The first kappa shape index (κ1) is 18.2. The number of nitrogens with zero attached hydrogens (tertiary/aromatic N) is 2. The Morgan fingerprint density at radius 2 is 2.09 bits per heavy atom. The lowest BCUT2D eigenvalue weighted by Crippen LogP contribution is -2.24. The Hall–Kier alpha value is -1.16. The van der Waals surface area contributed by atoms with E-state index in [2.05, 4.69) is 52.3 Å². The van der Waals surface area contributed by atoms with Crippen LogP contribution in [0.2, 0.25) is 0 Å². The van der Waals surface area contributed by atoms with Crippen molar-refractivity contribution in [2.75, 3.05) is 23.9 Å². The second kappa shape index (κ2) is 8.09. The fraction of sp³-hybridized carbons (Fsp3) is 0.429. The minimum absolute atomic E-state index is 0.379. The number of hydrogen-bond donors (Lipinski definition) is 2. The third-order valence-corrected chi connectivity index (χ3v) is 5.77. The molecule has 0 amide bonds. The summed E-state index contributed by atoms with van der Waals surface area (Å²) in [5.74, 6) is 0.617. The van der Waals surface area contributed by atoms with E-state index < -0.39 is 10.0 Å². The molecule has 0 fully saturated rings. The molecule has 23 heavy (non-hydrogen) atoms. The van der Waals surface area contributed by atoms with Crippen molar-refractivity contribution in [1.82, 2.24) is 14.9 Å². The Kier molecular flexibility index (Phi) is 6.40. The lowest BCUT2D eigenvalue weighted by atomic mass is 10.1. The predicted octanol–water partition coefficient (Wildman–Crippen LogP) is 2.79. The molecule has 0 aliphatic heterocycles. The number of aromatic nitrogens is 2. The highest BCUT2D eigenvalue weighted by atomic mass is 32.2. The molecule has 1 aromatic heterocycles. The van der Waals surface area contributed by atoms with Crippen molar-refractivity contribution in [1.29, 1.82) is 0 Å². The molecule has 2 N–H and O–H groups in total. The maximum absolute atomic E-state index is 11.0. The topological polar surface area (TPSA) is 84.0 Å². The van der Waals surface area contributed by atoms with Crippen LogP contribution in [0.4, 0.5) is 10.8 Å². The number of anilines is 2. The monoisotopic (exact) mass is 372 g/mol. The maximum Gasteiger partial charge on any atom is 0.210 e. The van der Waals surface area contributed by atoms with Crippen LogP contribution in [0.25, 0.3) is 0 Å². The first-order valence-electron chi connectivity index (χ1n) is 7.15. The van der Waals surface area contributed by atoms with Gasteiger partial charge in [0.05, 0.1) is 6.26 Å². The fourth-order valence-corrected chi connectivity index (χ4v) is 4.28. The molecular formula is C14H20N4O2S3. The van der Waals surface area contributed by atoms with Gasteiger partial charge in [0.2, 0.25) is 15.2 Å². The molecule has 1 heterocycles. The summed E-state index contributed by atoms with van der Waals surface area (Å²) in [5.41, 5.74) is 3.50. The summed E-state index contributed by atoms with van der Waals surface area (Å²) < 4.78 is 25.2. The van der Waals surface area contributed by atoms with Crippen LogP contribution in [0.5, 0.6) is 0 Å². The summed E-state index contributed by atoms with van der Waals surface area (Å²) in [7, 11) is -3.13. The highest BCUT2D eigenvalue weighted by Crippen LogP contribution is 2.30. The summed E-state index contributed by atoms with van der Waals surface area (Å²) in [4.78, 5) is 0. The molecule has 0 saturated carbocycles. The van der Waals surface area contributed by atoms with Crippen molar-refractivity contribution >= 4 is 43.9 Å². The summed E-state index contributed by atoms with van der Waals surface area (Å²) in [6.45, 7) is 4.56. The van der Waals surface area contributed by atoms with Crippen LogP contribution in [0.3, 0.4) is 0 Å². The smallest absolute Gasteiger partial charge is 0.210 e. The first-order chi connectivity index (χ1) is 10.9. The van der Waals surface area contributed by atoms with E-state index in [9.17, 15) is 8.42 Å². The summed E-state index contributed by atoms with van der Waals surface area (Å²) in [5, 5.41) is 12.4. The first-order valence-corrected chi connectivity index (χ1v) is 10.8. The lowest BCUT2D eigenvalue weighted by Gasteiger charge is -2.11. The van der Waals surface area contributed by atoms with Gasteiger partial charge in [-0.25, -0.2) is 13.1 Å². The molecule has 0 saturated heterocycles. The van der Waals surface area contributed by atoms with Gasteiger partial charge in [0, 0.05) is 18.0 Å². The van der Waals surface area contributed by atoms with E-state index in [0.717, 1.165) is 27.8 Å². The van der Waals surface area contributed by atoms with Crippen molar-refractivity contribution < 1.29 is 8.42 Å².